The smallest absolute Gasteiger partial charge is 0.427 e. The molecule has 0 unspecified atom stereocenters. The zero-order valence-electron chi connectivity index (χ0n) is 7.11. The fourth-order valence-electron chi connectivity index (χ4n) is 0.751. The minimum absolute atomic E-state index is 0.140. The molecule has 0 saturated carbocycles. The van der Waals surface area contributed by atoms with Gasteiger partial charge in [-0.25, -0.2) is 0 Å². The first-order valence-electron chi connectivity index (χ1n) is 3.54. The summed E-state index contributed by atoms with van der Waals surface area (Å²) in [6, 6.07) is 9.29. The maximum atomic E-state index is 5.18. The van der Waals surface area contributed by atoms with Gasteiger partial charge in [-0.05, 0) is 12.1 Å². The third-order valence-electron chi connectivity index (χ3n) is 1.28. The van der Waals surface area contributed by atoms with Crippen LogP contribution in [0, 0.1) is 6.48 Å². The van der Waals surface area contributed by atoms with E-state index < -0.39 is 0 Å². The van der Waals surface area contributed by atoms with Gasteiger partial charge >= 0.3 is 6.48 Å². The molecule has 1 aromatic rings. The van der Waals surface area contributed by atoms with Gasteiger partial charge in [-0.1, -0.05) is 18.2 Å². The predicted molar refractivity (Wildman–Crippen MR) is 44.3 cm³/mol. The Morgan fingerprint density at radius 3 is 2.08 bits per heavy atom. The molecular formula is C9H11O3. The van der Waals surface area contributed by atoms with Gasteiger partial charge in [0.2, 0.25) is 0 Å². The molecule has 0 aliphatic heterocycles. The number of methoxy groups -OCH3 is 2. The molecule has 0 bridgehead atoms. The molecule has 0 aliphatic carbocycles. The highest BCUT2D eigenvalue weighted by molar-refractivity contribution is 5.21. The van der Waals surface area contributed by atoms with E-state index in [9.17, 15) is 0 Å². The van der Waals surface area contributed by atoms with Crippen molar-refractivity contribution in [1.29, 1.82) is 0 Å². The summed E-state index contributed by atoms with van der Waals surface area (Å²) in [5.41, 5.74) is 0. The molecule has 0 saturated heterocycles. The first-order valence-corrected chi connectivity index (χ1v) is 3.54. The van der Waals surface area contributed by atoms with E-state index in [0.717, 1.165) is 0 Å². The van der Waals surface area contributed by atoms with Crippen LogP contribution < -0.4 is 4.74 Å². The molecule has 0 N–H and O–H groups in total. The second-order valence-corrected chi connectivity index (χ2v) is 2.07. The van der Waals surface area contributed by atoms with Gasteiger partial charge in [0.1, 0.15) is 5.75 Å². The van der Waals surface area contributed by atoms with Crippen molar-refractivity contribution in [3.8, 4) is 5.75 Å². The number of para-hydroxylation sites is 1. The van der Waals surface area contributed by atoms with E-state index in [0.29, 0.717) is 5.75 Å². The van der Waals surface area contributed by atoms with Crippen LogP contribution >= 0.6 is 0 Å². The van der Waals surface area contributed by atoms with E-state index in [1.807, 2.05) is 30.3 Å². The van der Waals surface area contributed by atoms with Crippen molar-refractivity contribution in [2.45, 2.75) is 0 Å². The average molecular weight is 167 g/mol. The van der Waals surface area contributed by atoms with E-state index >= 15 is 0 Å². The first kappa shape index (κ1) is 9.03. The van der Waals surface area contributed by atoms with Crippen molar-refractivity contribution in [2.24, 2.45) is 0 Å². The molecule has 0 fully saturated rings. The van der Waals surface area contributed by atoms with Crippen LogP contribution in [0.25, 0.3) is 0 Å². The van der Waals surface area contributed by atoms with Gasteiger partial charge in [0, 0.05) is 14.2 Å². The third-order valence-corrected chi connectivity index (χ3v) is 1.28. The first-order chi connectivity index (χ1) is 5.86. The highest BCUT2D eigenvalue weighted by Gasteiger charge is 2.09. The third kappa shape index (κ3) is 2.53. The van der Waals surface area contributed by atoms with Crippen molar-refractivity contribution >= 4 is 0 Å². The standard InChI is InChI=1S/C9H11O3/c1-10-9(11-2)12-8-6-4-3-5-7-8/h3-7H,1-2H3. The van der Waals surface area contributed by atoms with Crippen LogP contribution in [-0.4, -0.2) is 14.2 Å². The van der Waals surface area contributed by atoms with Crippen LogP contribution in [0.4, 0.5) is 0 Å². The summed E-state index contributed by atoms with van der Waals surface area (Å²) >= 11 is 0. The number of hydrogen-bond donors (Lipinski definition) is 0. The molecule has 3 nitrogen and oxygen atoms in total. The molecule has 0 amide bonds. The largest absolute Gasteiger partial charge is 0.432 e. The SMILES string of the molecule is CO[C](OC)Oc1ccccc1. The summed E-state index contributed by atoms with van der Waals surface area (Å²) in [7, 11) is 2.98. The fourth-order valence-corrected chi connectivity index (χ4v) is 0.751. The normalized spacial score (nSPS) is 10.2. The Morgan fingerprint density at radius 1 is 1.00 bits per heavy atom. The van der Waals surface area contributed by atoms with Crippen molar-refractivity contribution in [1.82, 2.24) is 0 Å². The van der Waals surface area contributed by atoms with Gasteiger partial charge < -0.3 is 14.2 Å². The lowest BCUT2D eigenvalue weighted by molar-refractivity contribution is -0.109. The topological polar surface area (TPSA) is 27.7 Å². The fraction of sp³-hybridized carbons (Fsp3) is 0.222. The summed E-state index contributed by atoms with van der Waals surface area (Å²) in [6.45, 7) is 0.140. The minimum atomic E-state index is 0.140. The average Bonchev–Trinajstić information content (AvgIpc) is 2.16. The monoisotopic (exact) mass is 167 g/mol. The Labute approximate surface area is 71.9 Å². The van der Waals surface area contributed by atoms with Gasteiger partial charge in [-0.3, -0.25) is 0 Å². The Hall–Kier alpha value is -1.06. The van der Waals surface area contributed by atoms with Gasteiger partial charge in [0.05, 0.1) is 0 Å². The van der Waals surface area contributed by atoms with Gasteiger partial charge in [0.15, 0.2) is 0 Å². The zero-order chi connectivity index (χ0) is 8.81. The molecule has 1 radical (unpaired) electrons. The second-order valence-electron chi connectivity index (χ2n) is 2.07. The van der Waals surface area contributed by atoms with Crippen LogP contribution in [0.15, 0.2) is 30.3 Å². The van der Waals surface area contributed by atoms with Gasteiger partial charge in [-0.15, -0.1) is 0 Å². The molecule has 65 valence electrons. The van der Waals surface area contributed by atoms with E-state index in [4.69, 9.17) is 14.2 Å². The molecule has 1 rings (SSSR count). The van der Waals surface area contributed by atoms with Crippen molar-refractivity contribution in [3.63, 3.8) is 0 Å². The van der Waals surface area contributed by atoms with E-state index in [1.165, 1.54) is 14.2 Å². The highest BCUT2D eigenvalue weighted by atomic mass is 16.8. The predicted octanol–water partition coefficient (Wildman–Crippen LogP) is 1.81. The van der Waals surface area contributed by atoms with Gasteiger partial charge in [-0.2, -0.15) is 0 Å². The lowest BCUT2D eigenvalue weighted by Gasteiger charge is -2.11. The summed E-state index contributed by atoms with van der Waals surface area (Å²) in [5, 5.41) is 0. The van der Waals surface area contributed by atoms with Crippen molar-refractivity contribution < 1.29 is 14.2 Å². The maximum Gasteiger partial charge on any atom is 0.427 e. The lowest BCUT2D eigenvalue weighted by atomic mass is 10.3. The Balaban J connectivity index is 2.51. The minimum Gasteiger partial charge on any atom is -0.432 e. The summed E-state index contributed by atoms with van der Waals surface area (Å²) in [5.74, 6) is 0.691. The number of ether oxygens (including phenoxy) is 3. The second kappa shape index (κ2) is 4.74. The van der Waals surface area contributed by atoms with Crippen LogP contribution in [0.2, 0.25) is 0 Å². The molecule has 3 heteroatoms. The lowest BCUT2D eigenvalue weighted by Crippen LogP contribution is -2.10. The van der Waals surface area contributed by atoms with Crippen LogP contribution in [0.3, 0.4) is 0 Å². The van der Waals surface area contributed by atoms with E-state index in [2.05, 4.69) is 0 Å². The van der Waals surface area contributed by atoms with E-state index in [1.54, 1.807) is 0 Å². The zero-order valence-corrected chi connectivity index (χ0v) is 7.11. The van der Waals surface area contributed by atoms with Crippen molar-refractivity contribution in [3.05, 3.63) is 36.8 Å². The molecule has 12 heavy (non-hydrogen) atoms. The summed E-state index contributed by atoms with van der Waals surface area (Å²) in [6.07, 6.45) is 0. The maximum absolute atomic E-state index is 5.18. The van der Waals surface area contributed by atoms with Gasteiger partial charge in [0.25, 0.3) is 0 Å². The highest BCUT2D eigenvalue weighted by Crippen LogP contribution is 2.14. The Bertz CT molecular complexity index is 206. The van der Waals surface area contributed by atoms with Crippen LogP contribution in [-0.2, 0) is 9.47 Å². The molecule has 0 aromatic heterocycles. The van der Waals surface area contributed by atoms with Crippen molar-refractivity contribution in [2.75, 3.05) is 14.2 Å². The Kier molecular flexibility index (Phi) is 3.57. The molecule has 0 spiro atoms. The number of rotatable bonds is 4. The molecule has 1 aromatic carbocycles. The van der Waals surface area contributed by atoms with Crippen LogP contribution in [0.1, 0.15) is 0 Å². The van der Waals surface area contributed by atoms with Crippen LogP contribution in [0.5, 0.6) is 5.75 Å². The molecular weight excluding hydrogens is 156 g/mol. The Morgan fingerprint density at radius 2 is 1.58 bits per heavy atom. The van der Waals surface area contributed by atoms with E-state index in [-0.39, 0.29) is 6.48 Å². The molecule has 0 atom stereocenters. The summed E-state index contributed by atoms with van der Waals surface area (Å²) in [4.78, 5) is 0. The quantitative estimate of drug-likeness (QED) is 0.684. The molecule has 0 aliphatic rings. The molecule has 0 heterocycles. The number of benzene rings is 1. The number of hydrogen-bond acceptors (Lipinski definition) is 3. The summed E-state index contributed by atoms with van der Waals surface area (Å²) < 4.78 is 14.7.